The fraction of sp³-hybridized carbons (Fsp3) is 0.571. The number of nitrogens with zero attached hydrogens (tertiary/aromatic N) is 5. The van der Waals surface area contributed by atoms with E-state index in [2.05, 4.69) is 24.0 Å². The zero-order valence-electron chi connectivity index (χ0n) is 17.8. The molecular weight excluding hydrogens is 389 g/mol. The third-order valence-corrected chi connectivity index (χ3v) is 6.61. The maximum Gasteiger partial charge on any atom is 0.233 e. The second kappa shape index (κ2) is 9.26. The molecule has 0 spiro atoms. The van der Waals surface area contributed by atoms with Crippen LogP contribution in [-0.4, -0.2) is 62.4 Å². The van der Waals surface area contributed by atoms with Crippen LogP contribution in [0.1, 0.15) is 51.9 Å². The number of rotatable bonds is 6. The van der Waals surface area contributed by atoms with Crippen LogP contribution in [-0.2, 0) is 4.79 Å². The highest BCUT2D eigenvalue weighted by Crippen LogP contribution is 2.29. The molecule has 1 saturated heterocycles. The van der Waals surface area contributed by atoms with Gasteiger partial charge in [0, 0.05) is 17.8 Å². The lowest BCUT2D eigenvalue weighted by atomic mass is 9.98. The van der Waals surface area contributed by atoms with E-state index >= 15 is 0 Å². The SMILES string of the molecule is C[C@H](c1nnc(SCC(=O)N2[C@@H](C)CCC[C@@H]2C)n1-c1ccc(F)cc1)N(C)C. The van der Waals surface area contributed by atoms with E-state index in [4.69, 9.17) is 0 Å². The number of amides is 1. The molecule has 1 aromatic heterocycles. The molecule has 1 fully saturated rings. The predicted octanol–water partition coefficient (Wildman–Crippen LogP) is 3.91. The molecule has 0 radical (unpaired) electrons. The summed E-state index contributed by atoms with van der Waals surface area (Å²) in [7, 11) is 3.95. The smallest absolute Gasteiger partial charge is 0.233 e. The Hall–Kier alpha value is -1.93. The predicted molar refractivity (Wildman–Crippen MR) is 114 cm³/mol. The summed E-state index contributed by atoms with van der Waals surface area (Å²) in [4.78, 5) is 17.0. The van der Waals surface area contributed by atoms with Crippen molar-refractivity contribution < 1.29 is 9.18 Å². The molecule has 0 bridgehead atoms. The number of hydrogen-bond donors (Lipinski definition) is 0. The Morgan fingerprint density at radius 2 is 1.83 bits per heavy atom. The fourth-order valence-corrected chi connectivity index (χ4v) is 4.65. The molecule has 2 aromatic rings. The van der Waals surface area contributed by atoms with E-state index in [0.717, 1.165) is 24.4 Å². The lowest BCUT2D eigenvalue weighted by Gasteiger charge is -2.39. The summed E-state index contributed by atoms with van der Waals surface area (Å²) in [5, 5.41) is 9.39. The van der Waals surface area contributed by atoms with Gasteiger partial charge < -0.3 is 4.90 Å². The van der Waals surface area contributed by atoms with Gasteiger partial charge in [-0.3, -0.25) is 14.3 Å². The van der Waals surface area contributed by atoms with Gasteiger partial charge in [-0.25, -0.2) is 4.39 Å². The molecule has 3 rings (SSSR count). The molecule has 0 saturated carbocycles. The first-order valence-corrected chi connectivity index (χ1v) is 11.1. The second-order valence-corrected chi connectivity index (χ2v) is 8.95. The first-order valence-electron chi connectivity index (χ1n) is 10.1. The van der Waals surface area contributed by atoms with Crippen LogP contribution in [0.15, 0.2) is 29.4 Å². The number of aromatic nitrogens is 3. The van der Waals surface area contributed by atoms with Crippen molar-refractivity contribution >= 4 is 17.7 Å². The van der Waals surface area contributed by atoms with Gasteiger partial charge in [-0.1, -0.05) is 11.8 Å². The molecule has 0 unspecified atom stereocenters. The minimum atomic E-state index is -0.290. The van der Waals surface area contributed by atoms with E-state index in [-0.39, 0.29) is 29.8 Å². The molecule has 6 nitrogen and oxygen atoms in total. The summed E-state index contributed by atoms with van der Waals surface area (Å²) in [6.45, 7) is 6.28. The Labute approximate surface area is 176 Å². The summed E-state index contributed by atoms with van der Waals surface area (Å²) in [5.41, 5.74) is 0.787. The normalized spacial score (nSPS) is 20.9. The molecule has 29 heavy (non-hydrogen) atoms. The Balaban J connectivity index is 1.85. The van der Waals surface area contributed by atoms with Gasteiger partial charge in [-0.05, 0) is 78.4 Å². The van der Waals surface area contributed by atoms with Crippen molar-refractivity contribution in [2.45, 2.75) is 63.3 Å². The Morgan fingerprint density at radius 3 is 2.41 bits per heavy atom. The minimum absolute atomic E-state index is 0.0137. The highest BCUT2D eigenvalue weighted by Gasteiger charge is 2.29. The zero-order valence-corrected chi connectivity index (χ0v) is 18.6. The van der Waals surface area contributed by atoms with Crippen LogP contribution >= 0.6 is 11.8 Å². The molecule has 0 N–H and O–H groups in total. The molecule has 158 valence electrons. The number of carbonyl (C=O) groups is 1. The number of piperidine rings is 1. The van der Waals surface area contributed by atoms with Crippen LogP contribution in [0.4, 0.5) is 4.39 Å². The highest BCUT2D eigenvalue weighted by molar-refractivity contribution is 7.99. The van der Waals surface area contributed by atoms with Crippen LogP contribution in [0.3, 0.4) is 0 Å². The summed E-state index contributed by atoms with van der Waals surface area (Å²) < 4.78 is 15.4. The number of benzene rings is 1. The number of thioether (sulfide) groups is 1. The van der Waals surface area contributed by atoms with Crippen molar-refractivity contribution in [3.8, 4) is 5.69 Å². The second-order valence-electron chi connectivity index (χ2n) is 8.01. The number of likely N-dealkylation sites (tertiary alicyclic amines) is 1. The van der Waals surface area contributed by atoms with Gasteiger partial charge in [0.05, 0.1) is 11.8 Å². The molecular formula is C21H30FN5OS. The lowest BCUT2D eigenvalue weighted by Crippen LogP contribution is -2.48. The topological polar surface area (TPSA) is 54.3 Å². The van der Waals surface area contributed by atoms with E-state index in [1.807, 2.05) is 35.4 Å². The highest BCUT2D eigenvalue weighted by atomic mass is 32.2. The van der Waals surface area contributed by atoms with Gasteiger partial charge in [0.1, 0.15) is 5.82 Å². The maximum atomic E-state index is 13.4. The number of hydrogen-bond acceptors (Lipinski definition) is 5. The zero-order chi connectivity index (χ0) is 21.1. The maximum absolute atomic E-state index is 13.4. The van der Waals surface area contributed by atoms with Crippen LogP contribution < -0.4 is 0 Å². The lowest BCUT2D eigenvalue weighted by molar-refractivity contribution is -0.134. The summed E-state index contributed by atoms with van der Waals surface area (Å²) in [6.07, 6.45) is 3.28. The van der Waals surface area contributed by atoms with Crippen LogP contribution in [0.25, 0.3) is 5.69 Å². The Bertz CT molecular complexity index is 828. The molecule has 0 aliphatic carbocycles. The standard InChI is InChI=1S/C21H30FN5OS/c1-14-7-6-8-15(2)26(14)19(28)13-29-21-24-23-20(16(3)25(4)5)27(21)18-11-9-17(22)10-12-18/h9-12,14-16H,6-8,13H2,1-5H3/t14-,15-,16+/m0/s1. The molecule has 8 heteroatoms. The van der Waals surface area contributed by atoms with Gasteiger partial charge >= 0.3 is 0 Å². The first kappa shape index (κ1) is 21.8. The van der Waals surface area contributed by atoms with Crippen molar-refractivity contribution in [2.24, 2.45) is 0 Å². The molecule has 1 aliphatic rings. The summed E-state index contributed by atoms with van der Waals surface area (Å²) >= 11 is 1.39. The molecule has 1 aliphatic heterocycles. The first-order chi connectivity index (χ1) is 13.8. The molecule has 2 heterocycles. The number of carbonyl (C=O) groups excluding carboxylic acids is 1. The van der Waals surface area contributed by atoms with Crippen molar-refractivity contribution in [1.29, 1.82) is 0 Å². The van der Waals surface area contributed by atoms with Gasteiger partial charge in [0.25, 0.3) is 0 Å². The molecule has 1 aromatic carbocycles. The van der Waals surface area contributed by atoms with Gasteiger partial charge in [0.15, 0.2) is 11.0 Å². The third-order valence-electron chi connectivity index (χ3n) is 5.70. The Kier molecular flexibility index (Phi) is 6.95. The largest absolute Gasteiger partial charge is 0.337 e. The van der Waals surface area contributed by atoms with E-state index in [1.165, 1.54) is 30.3 Å². The van der Waals surface area contributed by atoms with Crippen molar-refractivity contribution in [3.05, 3.63) is 35.9 Å². The minimum Gasteiger partial charge on any atom is -0.337 e. The van der Waals surface area contributed by atoms with E-state index in [9.17, 15) is 9.18 Å². The van der Waals surface area contributed by atoms with E-state index in [1.54, 1.807) is 12.1 Å². The quantitative estimate of drug-likeness (QED) is 0.665. The number of halogens is 1. The average Bonchev–Trinajstić information content (AvgIpc) is 3.10. The third kappa shape index (κ3) is 4.80. The van der Waals surface area contributed by atoms with Crippen molar-refractivity contribution in [3.63, 3.8) is 0 Å². The summed E-state index contributed by atoms with van der Waals surface area (Å²) in [5.74, 6) is 0.910. The van der Waals surface area contributed by atoms with Gasteiger partial charge in [-0.2, -0.15) is 0 Å². The van der Waals surface area contributed by atoms with Crippen molar-refractivity contribution in [2.75, 3.05) is 19.8 Å². The van der Waals surface area contributed by atoms with E-state index < -0.39 is 0 Å². The van der Waals surface area contributed by atoms with Crippen molar-refractivity contribution in [1.82, 2.24) is 24.6 Å². The molecule has 1 amide bonds. The van der Waals surface area contributed by atoms with Gasteiger partial charge in [0.2, 0.25) is 5.91 Å². The van der Waals surface area contributed by atoms with Gasteiger partial charge in [-0.15, -0.1) is 10.2 Å². The fourth-order valence-electron chi connectivity index (χ4n) is 3.82. The van der Waals surface area contributed by atoms with Crippen LogP contribution in [0.2, 0.25) is 0 Å². The molecule has 3 atom stereocenters. The van der Waals surface area contributed by atoms with E-state index in [0.29, 0.717) is 10.9 Å². The van der Waals surface area contributed by atoms with Crippen LogP contribution in [0, 0.1) is 5.82 Å². The Morgan fingerprint density at radius 1 is 1.21 bits per heavy atom. The monoisotopic (exact) mass is 419 g/mol. The summed E-state index contributed by atoms with van der Waals surface area (Å²) in [6, 6.07) is 6.83. The average molecular weight is 420 g/mol. The van der Waals surface area contributed by atoms with Crippen LogP contribution in [0.5, 0.6) is 0 Å².